The number of pyridine rings is 1. The number of hydrogen-bond acceptors (Lipinski definition) is 5. The van der Waals surface area contributed by atoms with Crippen LogP contribution in [0, 0.1) is 17.2 Å². The van der Waals surface area contributed by atoms with Gasteiger partial charge in [-0.1, -0.05) is 12.1 Å². The molecule has 2 aliphatic rings. The molecule has 0 spiro atoms. The highest BCUT2D eigenvalue weighted by molar-refractivity contribution is 5.78. The molecule has 0 amide bonds. The third-order valence-corrected chi connectivity index (χ3v) is 5.99. The number of rotatable bonds is 6. The molecule has 1 atom stereocenters. The fourth-order valence-electron chi connectivity index (χ4n) is 4.38. The van der Waals surface area contributed by atoms with Gasteiger partial charge in [-0.15, -0.1) is 0 Å². The van der Waals surface area contributed by atoms with E-state index in [9.17, 15) is 4.39 Å². The number of aromatic nitrogens is 1. The highest BCUT2D eigenvalue weighted by atomic mass is 19.1. The third-order valence-electron chi connectivity index (χ3n) is 5.99. The molecule has 3 aromatic rings. The topological polar surface area (TPSA) is 90.5 Å². The van der Waals surface area contributed by atoms with Gasteiger partial charge in [-0.05, 0) is 59.5 Å². The molecule has 0 bridgehead atoms. The predicted molar refractivity (Wildman–Crippen MR) is 124 cm³/mol. The fraction of sp³-hybridized carbons (Fsp3) is 0.231. The zero-order chi connectivity index (χ0) is 23.7. The van der Waals surface area contributed by atoms with Crippen molar-refractivity contribution in [1.29, 1.82) is 5.41 Å². The quantitative estimate of drug-likeness (QED) is 0.304. The van der Waals surface area contributed by atoms with E-state index >= 15 is 4.39 Å². The molecular formula is C26H23F2N3O3. The summed E-state index contributed by atoms with van der Waals surface area (Å²) in [5.41, 5.74) is 9.57. The van der Waals surface area contributed by atoms with E-state index in [1.54, 1.807) is 24.3 Å². The van der Waals surface area contributed by atoms with Crippen molar-refractivity contribution < 1.29 is 23.0 Å². The van der Waals surface area contributed by atoms with Crippen LogP contribution < -0.4 is 10.5 Å². The van der Waals surface area contributed by atoms with E-state index < -0.39 is 17.7 Å². The molecule has 0 saturated heterocycles. The van der Waals surface area contributed by atoms with Crippen molar-refractivity contribution in [2.24, 2.45) is 5.73 Å². The van der Waals surface area contributed by atoms with Crippen molar-refractivity contribution in [2.75, 3.05) is 26.4 Å². The lowest BCUT2D eigenvalue weighted by Gasteiger charge is -2.30. The third kappa shape index (κ3) is 4.30. The number of fused-ring (bicyclic) bond motifs is 2. The second-order valence-corrected chi connectivity index (χ2v) is 8.22. The van der Waals surface area contributed by atoms with Crippen molar-refractivity contribution in [3.8, 4) is 22.6 Å². The maximum atomic E-state index is 15.3. The Bertz CT molecular complexity index is 1290. The van der Waals surface area contributed by atoms with Crippen LogP contribution in [-0.2, 0) is 9.47 Å². The van der Waals surface area contributed by atoms with Gasteiger partial charge in [0.15, 0.2) is 11.6 Å². The molecule has 5 rings (SSSR count). The van der Waals surface area contributed by atoms with Gasteiger partial charge < -0.3 is 19.9 Å². The summed E-state index contributed by atoms with van der Waals surface area (Å²) in [6.45, 7) is 1.16. The summed E-state index contributed by atoms with van der Waals surface area (Å²) in [5, 5.41) is 7.47. The molecule has 2 aromatic carbocycles. The molecule has 2 aliphatic heterocycles. The average Bonchev–Trinajstić information content (AvgIpc) is 2.84. The van der Waals surface area contributed by atoms with E-state index in [-0.39, 0.29) is 24.8 Å². The molecule has 0 fully saturated rings. The van der Waals surface area contributed by atoms with Crippen LogP contribution in [0.1, 0.15) is 29.0 Å². The van der Waals surface area contributed by atoms with Crippen molar-refractivity contribution in [1.82, 2.24) is 4.98 Å². The molecule has 174 valence electrons. The molecule has 3 N–H and O–H groups in total. The van der Waals surface area contributed by atoms with E-state index in [4.69, 9.17) is 25.4 Å². The lowest BCUT2D eigenvalue weighted by Crippen LogP contribution is -2.22. The Labute approximate surface area is 195 Å². The Morgan fingerprint density at radius 1 is 1.15 bits per heavy atom. The number of halogens is 2. The second-order valence-electron chi connectivity index (χ2n) is 8.22. The smallest absolute Gasteiger partial charge is 0.220 e. The summed E-state index contributed by atoms with van der Waals surface area (Å²) in [4.78, 5) is 3.74. The van der Waals surface area contributed by atoms with Gasteiger partial charge in [0, 0.05) is 28.8 Å². The maximum absolute atomic E-state index is 15.3. The first-order valence-corrected chi connectivity index (χ1v) is 10.9. The van der Waals surface area contributed by atoms with E-state index in [1.807, 2.05) is 18.2 Å². The molecule has 8 heteroatoms. The number of amidine groups is 1. The Hall–Kier alpha value is -3.62. The number of nitrogens with two attached hydrogens (primary N) is 1. The maximum Gasteiger partial charge on any atom is 0.220 e. The Morgan fingerprint density at radius 3 is 2.76 bits per heavy atom. The first-order valence-electron chi connectivity index (χ1n) is 10.9. The number of hydrogen-bond donors (Lipinski definition) is 2. The molecule has 1 aromatic heterocycles. The average molecular weight is 463 g/mol. The predicted octanol–water partition coefficient (Wildman–Crippen LogP) is 5.02. The van der Waals surface area contributed by atoms with Gasteiger partial charge in [0.25, 0.3) is 0 Å². The van der Waals surface area contributed by atoms with Crippen molar-refractivity contribution in [2.45, 2.75) is 12.3 Å². The highest BCUT2D eigenvalue weighted by Gasteiger charge is 2.31. The number of nitrogens with one attached hydrogen (secondary N) is 1. The zero-order valence-corrected chi connectivity index (χ0v) is 18.3. The van der Waals surface area contributed by atoms with Crippen molar-refractivity contribution in [3.05, 3.63) is 83.2 Å². The van der Waals surface area contributed by atoms with Crippen LogP contribution in [0.4, 0.5) is 8.78 Å². The Kier molecular flexibility index (Phi) is 6.08. The van der Waals surface area contributed by atoms with Gasteiger partial charge >= 0.3 is 0 Å². The van der Waals surface area contributed by atoms with Crippen molar-refractivity contribution in [3.63, 3.8) is 0 Å². The summed E-state index contributed by atoms with van der Waals surface area (Å²) in [6.07, 6.45) is 4.03. The zero-order valence-electron chi connectivity index (χ0n) is 18.3. The van der Waals surface area contributed by atoms with Gasteiger partial charge in [-0.3, -0.25) is 5.41 Å². The van der Waals surface area contributed by atoms with Crippen LogP contribution in [0.3, 0.4) is 0 Å². The van der Waals surface area contributed by atoms with Crippen molar-refractivity contribution >= 4 is 11.4 Å². The van der Waals surface area contributed by atoms with Gasteiger partial charge in [0.1, 0.15) is 18.2 Å². The van der Waals surface area contributed by atoms with Crippen LogP contribution in [0.15, 0.2) is 54.7 Å². The van der Waals surface area contributed by atoms with E-state index in [0.717, 1.165) is 16.7 Å². The minimum atomic E-state index is -0.580. The van der Waals surface area contributed by atoms with Crippen LogP contribution in [0.25, 0.3) is 16.7 Å². The molecule has 3 heterocycles. The summed E-state index contributed by atoms with van der Waals surface area (Å²) >= 11 is 0. The molecule has 34 heavy (non-hydrogen) atoms. The van der Waals surface area contributed by atoms with Crippen LogP contribution >= 0.6 is 0 Å². The summed E-state index contributed by atoms with van der Waals surface area (Å²) < 4.78 is 46.7. The standard InChI is InChI=1S/C26H23F2N3O3/c27-22-12-17(15-5-8-32-9-6-15)11-20-21(13-33-14-24(29)30)19-10-16(3-4-23(19)34-25(20)22)18-2-1-7-31-26(18)28/h1-5,7,10-12,21H,6,8-9,13-14H2,(H3,29,30). The summed E-state index contributed by atoms with van der Waals surface area (Å²) in [6, 6.07) is 11.9. The Balaban J connectivity index is 1.61. The van der Waals surface area contributed by atoms with Gasteiger partial charge in [-0.25, -0.2) is 9.37 Å². The first-order chi connectivity index (χ1) is 16.5. The van der Waals surface area contributed by atoms with Gasteiger partial charge in [0.05, 0.1) is 19.8 Å². The summed E-state index contributed by atoms with van der Waals surface area (Å²) in [7, 11) is 0. The molecular weight excluding hydrogens is 440 g/mol. The molecule has 0 radical (unpaired) electrons. The number of benzene rings is 2. The molecule has 6 nitrogen and oxygen atoms in total. The first kappa shape index (κ1) is 22.2. The van der Waals surface area contributed by atoms with Crippen LogP contribution in [-0.4, -0.2) is 37.2 Å². The van der Waals surface area contributed by atoms with Crippen LogP contribution in [0.5, 0.6) is 11.5 Å². The van der Waals surface area contributed by atoms with Gasteiger partial charge in [0.2, 0.25) is 5.95 Å². The molecule has 1 unspecified atom stereocenters. The largest absolute Gasteiger partial charge is 0.454 e. The van der Waals surface area contributed by atoms with E-state index in [1.165, 1.54) is 12.3 Å². The number of ether oxygens (including phenoxy) is 3. The van der Waals surface area contributed by atoms with E-state index in [2.05, 4.69) is 4.98 Å². The minimum Gasteiger partial charge on any atom is -0.454 e. The SMILES string of the molecule is N=C(N)COCC1c2cc(-c3cccnc3F)ccc2Oc2c(F)cc(C3=CCOCC3)cc21. The van der Waals surface area contributed by atoms with Crippen LogP contribution in [0.2, 0.25) is 0 Å². The lowest BCUT2D eigenvalue weighted by molar-refractivity contribution is 0.159. The Morgan fingerprint density at radius 2 is 2.00 bits per heavy atom. The van der Waals surface area contributed by atoms with Gasteiger partial charge in [-0.2, -0.15) is 4.39 Å². The lowest BCUT2D eigenvalue weighted by atomic mass is 9.85. The summed E-state index contributed by atoms with van der Waals surface area (Å²) in [5.74, 6) is -0.957. The highest BCUT2D eigenvalue weighted by Crippen LogP contribution is 2.48. The van der Waals surface area contributed by atoms with E-state index in [0.29, 0.717) is 42.1 Å². The molecule has 0 saturated carbocycles. The normalized spacial score (nSPS) is 16.8. The fourth-order valence-corrected chi connectivity index (χ4v) is 4.38. The minimum absolute atomic E-state index is 0.0520. The second kappa shape index (κ2) is 9.32. The number of nitrogens with zero attached hydrogens (tertiary/aromatic N) is 1. The monoisotopic (exact) mass is 463 g/mol. The molecule has 0 aliphatic carbocycles.